The van der Waals surface area contributed by atoms with Crippen molar-refractivity contribution in [1.82, 2.24) is 13.5 Å². The van der Waals surface area contributed by atoms with Gasteiger partial charge in [-0.15, -0.1) is 0 Å². The highest BCUT2D eigenvalue weighted by atomic mass is 32.2. The van der Waals surface area contributed by atoms with E-state index in [4.69, 9.17) is 4.74 Å². The molecule has 9 heteroatoms. The highest BCUT2D eigenvalue weighted by molar-refractivity contribution is 7.89. The van der Waals surface area contributed by atoms with Gasteiger partial charge in [0, 0.05) is 0 Å². The Kier molecular flexibility index (Phi) is 6.50. The van der Waals surface area contributed by atoms with Crippen molar-refractivity contribution in [2.24, 2.45) is 0 Å². The first-order valence-corrected chi connectivity index (χ1v) is 12.1. The quantitative estimate of drug-likeness (QED) is 0.557. The van der Waals surface area contributed by atoms with Crippen molar-refractivity contribution >= 4 is 38.8 Å². The lowest BCUT2D eigenvalue weighted by molar-refractivity contribution is -0.146. The molecule has 0 aliphatic heterocycles. The van der Waals surface area contributed by atoms with Gasteiger partial charge in [0.2, 0.25) is 10.0 Å². The fourth-order valence-electron chi connectivity index (χ4n) is 3.26. The number of aryl methyl sites for hydroxylation is 2. The van der Waals surface area contributed by atoms with Crippen LogP contribution in [0.2, 0.25) is 0 Å². The number of hydrogen-bond donors (Lipinski definition) is 1. The molecule has 1 unspecified atom stereocenters. The number of esters is 1. The molecule has 3 aromatic rings. The monoisotopic (exact) mass is 461 g/mol. The Morgan fingerprint density at radius 3 is 2.42 bits per heavy atom. The van der Waals surface area contributed by atoms with Crippen LogP contribution in [0.5, 0.6) is 0 Å². The van der Waals surface area contributed by atoms with Crippen LogP contribution >= 0.6 is 11.7 Å². The summed E-state index contributed by atoms with van der Waals surface area (Å²) in [4.78, 5) is 12.5. The standard InChI is InChI=1S/C22H27N3O4S2/c1-13-10-16(22(4,5)6)11-14(2)17(13)12-29-21(26)15(3)25-31(27,28)19-9-7-8-18-20(19)24-30-23-18/h7-11,15,25H,12H2,1-6H3. The van der Waals surface area contributed by atoms with Gasteiger partial charge in [-0.1, -0.05) is 39.0 Å². The van der Waals surface area contributed by atoms with Crippen molar-refractivity contribution in [3.63, 3.8) is 0 Å². The second kappa shape index (κ2) is 8.64. The van der Waals surface area contributed by atoms with Crippen LogP contribution in [0.3, 0.4) is 0 Å². The highest BCUT2D eigenvalue weighted by Gasteiger charge is 2.26. The molecule has 0 aliphatic rings. The summed E-state index contributed by atoms with van der Waals surface area (Å²) in [5, 5.41) is 0. The Bertz CT molecular complexity index is 1200. The van der Waals surface area contributed by atoms with Gasteiger partial charge in [0.25, 0.3) is 0 Å². The predicted molar refractivity (Wildman–Crippen MR) is 122 cm³/mol. The van der Waals surface area contributed by atoms with Gasteiger partial charge in [0.15, 0.2) is 0 Å². The van der Waals surface area contributed by atoms with Crippen molar-refractivity contribution in [3.8, 4) is 0 Å². The predicted octanol–water partition coefficient (Wildman–Crippen LogP) is 4.02. The molecule has 0 saturated heterocycles. The van der Waals surface area contributed by atoms with Crippen LogP contribution in [0.4, 0.5) is 0 Å². The number of nitrogens with zero attached hydrogens (tertiary/aromatic N) is 2. The Balaban J connectivity index is 1.71. The molecule has 3 rings (SSSR count). The van der Waals surface area contributed by atoms with Crippen LogP contribution in [0.1, 0.15) is 49.9 Å². The second-order valence-corrected chi connectivity index (χ2v) is 10.9. The first-order valence-electron chi connectivity index (χ1n) is 9.91. The molecule has 31 heavy (non-hydrogen) atoms. The van der Waals surface area contributed by atoms with E-state index in [0.717, 1.165) is 28.4 Å². The van der Waals surface area contributed by atoms with Crippen LogP contribution in [0, 0.1) is 13.8 Å². The maximum Gasteiger partial charge on any atom is 0.324 e. The number of carbonyl (C=O) groups is 1. The average Bonchev–Trinajstić information content (AvgIpc) is 3.14. The van der Waals surface area contributed by atoms with E-state index < -0.39 is 22.0 Å². The van der Waals surface area contributed by atoms with E-state index in [-0.39, 0.29) is 22.4 Å². The van der Waals surface area contributed by atoms with Gasteiger partial charge in [0.1, 0.15) is 28.6 Å². The number of rotatable bonds is 6. The number of hydrogen-bond acceptors (Lipinski definition) is 7. The third-order valence-electron chi connectivity index (χ3n) is 5.14. The van der Waals surface area contributed by atoms with E-state index in [2.05, 4.69) is 46.4 Å². The topological polar surface area (TPSA) is 98.2 Å². The van der Waals surface area contributed by atoms with E-state index in [1.54, 1.807) is 12.1 Å². The Morgan fingerprint density at radius 2 is 1.81 bits per heavy atom. The molecular weight excluding hydrogens is 434 g/mol. The minimum Gasteiger partial charge on any atom is -0.460 e. The van der Waals surface area contributed by atoms with E-state index in [1.165, 1.54) is 18.6 Å². The molecule has 1 N–H and O–H groups in total. The summed E-state index contributed by atoms with van der Waals surface area (Å²) < 4.78 is 41.5. The number of ether oxygens (including phenoxy) is 1. The van der Waals surface area contributed by atoms with Crippen molar-refractivity contribution < 1.29 is 17.9 Å². The lowest BCUT2D eigenvalue weighted by Gasteiger charge is -2.22. The summed E-state index contributed by atoms with van der Waals surface area (Å²) >= 11 is 0.935. The molecule has 0 bridgehead atoms. The second-order valence-electron chi connectivity index (χ2n) is 8.68. The number of nitrogens with one attached hydrogen (secondary N) is 1. The zero-order valence-electron chi connectivity index (χ0n) is 18.5. The molecule has 0 amide bonds. The Morgan fingerprint density at radius 1 is 1.16 bits per heavy atom. The minimum absolute atomic E-state index is 0.0112. The van der Waals surface area contributed by atoms with Crippen LogP contribution < -0.4 is 4.72 Å². The largest absolute Gasteiger partial charge is 0.460 e. The van der Waals surface area contributed by atoms with Gasteiger partial charge in [0.05, 0.1) is 11.7 Å². The van der Waals surface area contributed by atoms with Gasteiger partial charge in [-0.25, -0.2) is 8.42 Å². The molecule has 0 saturated carbocycles. The maximum atomic E-state index is 12.8. The van der Waals surface area contributed by atoms with Gasteiger partial charge in [-0.2, -0.15) is 13.5 Å². The smallest absolute Gasteiger partial charge is 0.324 e. The third-order valence-corrected chi connectivity index (χ3v) is 7.26. The number of carbonyl (C=O) groups excluding carboxylic acids is 1. The van der Waals surface area contributed by atoms with Gasteiger partial charge in [-0.3, -0.25) is 4.79 Å². The Hall–Kier alpha value is -2.36. The van der Waals surface area contributed by atoms with Crippen LogP contribution in [0.15, 0.2) is 35.2 Å². The van der Waals surface area contributed by atoms with Gasteiger partial charge < -0.3 is 4.74 Å². The van der Waals surface area contributed by atoms with E-state index >= 15 is 0 Å². The Labute approximate surface area is 187 Å². The molecule has 166 valence electrons. The van der Waals surface area contributed by atoms with Crippen molar-refractivity contribution in [2.45, 2.75) is 64.5 Å². The molecule has 1 heterocycles. The van der Waals surface area contributed by atoms with Crippen LogP contribution in [-0.2, 0) is 31.6 Å². The van der Waals surface area contributed by atoms with Crippen molar-refractivity contribution in [1.29, 1.82) is 0 Å². The number of benzene rings is 2. The number of aromatic nitrogens is 2. The van der Waals surface area contributed by atoms with E-state index in [0.29, 0.717) is 5.52 Å². The lowest BCUT2D eigenvalue weighted by Crippen LogP contribution is -2.39. The number of fused-ring (bicyclic) bond motifs is 1. The molecular formula is C22H27N3O4S2. The normalized spacial score (nSPS) is 13.4. The highest BCUT2D eigenvalue weighted by Crippen LogP contribution is 2.27. The molecule has 7 nitrogen and oxygen atoms in total. The average molecular weight is 462 g/mol. The fraction of sp³-hybridized carbons (Fsp3) is 0.409. The molecule has 0 aliphatic carbocycles. The summed E-state index contributed by atoms with van der Waals surface area (Å²) in [5.41, 5.74) is 5.01. The molecule has 2 aromatic carbocycles. The number of sulfonamides is 1. The third kappa shape index (κ3) is 5.11. The summed E-state index contributed by atoms with van der Waals surface area (Å²) in [6.07, 6.45) is 0. The fourth-order valence-corrected chi connectivity index (χ4v) is 5.22. The molecule has 1 aromatic heterocycles. The summed E-state index contributed by atoms with van der Waals surface area (Å²) in [6.45, 7) is 12.0. The maximum absolute atomic E-state index is 12.8. The first kappa shape index (κ1) is 23.3. The molecule has 0 spiro atoms. The zero-order chi connectivity index (χ0) is 23.0. The minimum atomic E-state index is -3.97. The SMILES string of the molecule is Cc1cc(C(C)(C)C)cc(C)c1COC(=O)C(C)NS(=O)(=O)c1cccc2nsnc12. The zero-order valence-corrected chi connectivity index (χ0v) is 20.1. The molecule has 0 fully saturated rings. The van der Waals surface area contributed by atoms with Crippen LogP contribution in [-0.4, -0.2) is 29.2 Å². The first-order chi connectivity index (χ1) is 14.4. The summed E-state index contributed by atoms with van der Waals surface area (Å²) in [6, 6.07) is 7.86. The summed E-state index contributed by atoms with van der Waals surface area (Å²) in [5.74, 6) is -0.647. The molecule has 1 atom stereocenters. The molecule has 0 radical (unpaired) electrons. The van der Waals surface area contributed by atoms with Gasteiger partial charge in [-0.05, 0) is 60.6 Å². The van der Waals surface area contributed by atoms with Crippen molar-refractivity contribution in [3.05, 3.63) is 52.6 Å². The van der Waals surface area contributed by atoms with Gasteiger partial charge >= 0.3 is 5.97 Å². The van der Waals surface area contributed by atoms with Crippen molar-refractivity contribution in [2.75, 3.05) is 0 Å². The van der Waals surface area contributed by atoms with Crippen LogP contribution in [0.25, 0.3) is 11.0 Å². The summed E-state index contributed by atoms with van der Waals surface area (Å²) in [7, 11) is -3.97. The van der Waals surface area contributed by atoms with E-state index in [9.17, 15) is 13.2 Å². The van der Waals surface area contributed by atoms with E-state index in [1.807, 2.05) is 13.8 Å². The lowest BCUT2D eigenvalue weighted by atomic mass is 9.84.